The van der Waals surface area contributed by atoms with E-state index in [2.05, 4.69) is 41.0 Å². The summed E-state index contributed by atoms with van der Waals surface area (Å²) in [6.07, 6.45) is 3.55. The molecule has 8 heteroatoms. The Morgan fingerprint density at radius 1 is 1.16 bits per heavy atom. The largest absolute Gasteiger partial charge is 0.497 e. The second-order valence-corrected chi connectivity index (χ2v) is 6.98. The van der Waals surface area contributed by atoms with E-state index in [0.29, 0.717) is 6.54 Å². The van der Waals surface area contributed by atoms with Gasteiger partial charge in [0, 0.05) is 45.1 Å². The summed E-state index contributed by atoms with van der Waals surface area (Å²) in [5.41, 5.74) is 1.17. The molecule has 1 fully saturated rings. The van der Waals surface area contributed by atoms with Gasteiger partial charge in [-0.3, -0.25) is 0 Å². The maximum absolute atomic E-state index is 5.53. The zero-order valence-electron chi connectivity index (χ0n) is 14.0. The molecule has 0 saturated carbocycles. The molecule has 25 heavy (non-hydrogen) atoms. The second kappa shape index (κ2) is 8.44. The van der Waals surface area contributed by atoms with Gasteiger partial charge in [0.1, 0.15) is 5.75 Å². The average molecular weight is 422 g/mol. The van der Waals surface area contributed by atoms with Crippen LogP contribution < -0.4 is 15.0 Å². The van der Waals surface area contributed by atoms with E-state index < -0.39 is 0 Å². The van der Waals surface area contributed by atoms with Gasteiger partial charge in [0.15, 0.2) is 5.11 Å². The smallest absolute Gasteiger partial charge is 0.225 e. The number of rotatable bonds is 4. The number of nitrogens with one attached hydrogen (secondary N) is 1. The summed E-state index contributed by atoms with van der Waals surface area (Å²) in [5, 5.41) is 4.11. The third-order valence-corrected chi connectivity index (χ3v) is 4.87. The Bertz CT molecular complexity index is 702. The maximum atomic E-state index is 5.53. The summed E-state index contributed by atoms with van der Waals surface area (Å²) in [4.78, 5) is 13.1. The number of methoxy groups -OCH3 is 1. The van der Waals surface area contributed by atoms with Gasteiger partial charge in [-0.1, -0.05) is 12.1 Å². The van der Waals surface area contributed by atoms with Crippen LogP contribution in [0.15, 0.2) is 41.1 Å². The number of ether oxygens (including phenoxy) is 1. The molecule has 2 aromatic rings. The predicted molar refractivity (Wildman–Crippen MR) is 106 cm³/mol. The van der Waals surface area contributed by atoms with Crippen LogP contribution in [0.25, 0.3) is 0 Å². The Morgan fingerprint density at radius 3 is 2.40 bits per heavy atom. The minimum absolute atomic E-state index is 0.707. The fourth-order valence-electron chi connectivity index (χ4n) is 2.61. The van der Waals surface area contributed by atoms with Crippen molar-refractivity contribution in [3.05, 3.63) is 46.7 Å². The van der Waals surface area contributed by atoms with Crippen molar-refractivity contribution < 1.29 is 4.74 Å². The molecule has 1 aromatic carbocycles. The normalized spacial score (nSPS) is 14.3. The molecular weight excluding hydrogens is 402 g/mol. The number of piperazine rings is 1. The Kier molecular flexibility index (Phi) is 6.04. The molecule has 3 rings (SSSR count). The van der Waals surface area contributed by atoms with Crippen molar-refractivity contribution in [2.75, 3.05) is 38.2 Å². The first-order valence-corrected chi connectivity index (χ1v) is 9.24. The molecular formula is C17H20BrN5OS. The molecule has 1 saturated heterocycles. The van der Waals surface area contributed by atoms with E-state index in [4.69, 9.17) is 17.0 Å². The van der Waals surface area contributed by atoms with Gasteiger partial charge in [-0.25, -0.2) is 9.97 Å². The molecule has 0 bridgehead atoms. The predicted octanol–water partition coefficient (Wildman–Crippen LogP) is 2.44. The fourth-order valence-corrected chi connectivity index (χ4v) is 3.07. The molecule has 1 aromatic heterocycles. The van der Waals surface area contributed by atoms with Gasteiger partial charge in [0.2, 0.25) is 5.95 Å². The lowest BCUT2D eigenvalue weighted by molar-refractivity contribution is 0.377. The van der Waals surface area contributed by atoms with Crippen molar-refractivity contribution in [1.82, 2.24) is 20.2 Å². The SMILES string of the molecule is COc1ccc(CNC(=S)N2CCN(c3ncc(Br)cn3)CC2)cc1. The summed E-state index contributed by atoms with van der Waals surface area (Å²) in [6.45, 7) is 4.12. The Hall–Kier alpha value is -1.93. The van der Waals surface area contributed by atoms with Gasteiger partial charge in [-0.15, -0.1) is 0 Å². The average Bonchev–Trinajstić information content (AvgIpc) is 2.67. The molecule has 0 aliphatic carbocycles. The molecule has 6 nitrogen and oxygen atoms in total. The number of aromatic nitrogens is 2. The molecule has 132 valence electrons. The molecule has 1 aliphatic rings. The third kappa shape index (κ3) is 4.79. The van der Waals surface area contributed by atoms with Crippen LogP contribution in [-0.2, 0) is 6.54 Å². The number of benzene rings is 1. The highest BCUT2D eigenvalue weighted by Gasteiger charge is 2.20. The summed E-state index contributed by atoms with van der Waals surface area (Å²) < 4.78 is 6.06. The summed E-state index contributed by atoms with van der Waals surface area (Å²) in [6, 6.07) is 7.99. The first kappa shape index (κ1) is 17.9. The van der Waals surface area contributed by atoms with Crippen LogP contribution in [0.5, 0.6) is 5.75 Å². The minimum atomic E-state index is 0.707. The van der Waals surface area contributed by atoms with E-state index in [0.717, 1.165) is 47.5 Å². The standard InChI is InChI=1S/C17H20BrN5OS/c1-24-15-4-2-13(3-5-15)10-21-17(25)23-8-6-22(7-9-23)16-19-11-14(18)12-20-16/h2-5,11-12H,6-10H2,1H3,(H,21,25). The molecule has 0 amide bonds. The zero-order valence-corrected chi connectivity index (χ0v) is 16.4. The van der Waals surface area contributed by atoms with E-state index >= 15 is 0 Å². The van der Waals surface area contributed by atoms with Crippen LogP contribution in [0.2, 0.25) is 0 Å². The van der Waals surface area contributed by atoms with Crippen molar-refractivity contribution in [2.45, 2.75) is 6.54 Å². The van der Waals surface area contributed by atoms with E-state index in [1.807, 2.05) is 24.3 Å². The summed E-state index contributed by atoms with van der Waals surface area (Å²) in [7, 11) is 1.67. The van der Waals surface area contributed by atoms with Gasteiger partial charge >= 0.3 is 0 Å². The number of halogens is 1. The van der Waals surface area contributed by atoms with E-state index in [-0.39, 0.29) is 0 Å². The maximum Gasteiger partial charge on any atom is 0.225 e. The van der Waals surface area contributed by atoms with Gasteiger partial charge < -0.3 is 19.9 Å². The molecule has 1 N–H and O–H groups in total. The van der Waals surface area contributed by atoms with E-state index in [9.17, 15) is 0 Å². The lowest BCUT2D eigenvalue weighted by Gasteiger charge is -2.36. The first-order chi connectivity index (χ1) is 12.2. The van der Waals surface area contributed by atoms with Crippen molar-refractivity contribution >= 4 is 39.2 Å². The number of nitrogens with zero attached hydrogens (tertiary/aromatic N) is 4. The third-order valence-electron chi connectivity index (χ3n) is 4.06. The number of thiocarbonyl (C=S) groups is 1. The Balaban J connectivity index is 1.47. The lowest BCUT2D eigenvalue weighted by atomic mass is 10.2. The number of anilines is 1. The Morgan fingerprint density at radius 2 is 1.80 bits per heavy atom. The van der Waals surface area contributed by atoms with Gasteiger partial charge in [0.25, 0.3) is 0 Å². The van der Waals surface area contributed by atoms with Crippen LogP contribution in [0.1, 0.15) is 5.56 Å². The molecule has 1 aliphatic heterocycles. The van der Waals surface area contributed by atoms with Gasteiger partial charge in [-0.2, -0.15) is 0 Å². The summed E-state index contributed by atoms with van der Waals surface area (Å²) >= 11 is 8.89. The van der Waals surface area contributed by atoms with Crippen LogP contribution >= 0.6 is 28.1 Å². The van der Waals surface area contributed by atoms with Gasteiger partial charge in [-0.05, 0) is 45.8 Å². The molecule has 0 atom stereocenters. The highest BCUT2D eigenvalue weighted by molar-refractivity contribution is 9.10. The van der Waals surface area contributed by atoms with Crippen LogP contribution in [0, 0.1) is 0 Å². The summed E-state index contributed by atoms with van der Waals surface area (Å²) in [5.74, 6) is 1.62. The van der Waals surface area contributed by atoms with Crippen molar-refractivity contribution in [2.24, 2.45) is 0 Å². The molecule has 0 spiro atoms. The Labute approximate surface area is 161 Å². The van der Waals surface area contributed by atoms with Crippen molar-refractivity contribution in [3.8, 4) is 5.75 Å². The van der Waals surface area contributed by atoms with Gasteiger partial charge in [0.05, 0.1) is 11.6 Å². The lowest BCUT2D eigenvalue weighted by Crippen LogP contribution is -2.52. The van der Waals surface area contributed by atoms with Crippen molar-refractivity contribution in [3.63, 3.8) is 0 Å². The molecule has 0 unspecified atom stereocenters. The topological polar surface area (TPSA) is 53.5 Å². The van der Waals surface area contributed by atoms with Crippen LogP contribution in [0.3, 0.4) is 0 Å². The minimum Gasteiger partial charge on any atom is -0.497 e. The highest BCUT2D eigenvalue weighted by Crippen LogP contribution is 2.14. The van der Waals surface area contributed by atoms with Crippen LogP contribution in [-0.4, -0.2) is 53.3 Å². The van der Waals surface area contributed by atoms with E-state index in [1.54, 1.807) is 19.5 Å². The quantitative estimate of drug-likeness (QED) is 0.760. The molecule has 2 heterocycles. The van der Waals surface area contributed by atoms with E-state index in [1.165, 1.54) is 5.56 Å². The van der Waals surface area contributed by atoms with Crippen LogP contribution in [0.4, 0.5) is 5.95 Å². The monoisotopic (exact) mass is 421 g/mol. The molecule has 0 radical (unpaired) electrons. The second-order valence-electron chi connectivity index (χ2n) is 5.68. The highest BCUT2D eigenvalue weighted by atomic mass is 79.9. The fraction of sp³-hybridized carbons (Fsp3) is 0.353. The number of hydrogen-bond donors (Lipinski definition) is 1. The number of hydrogen-bond acceptors (Lipinski definition) is 5. The first-order valence-electron chi connectivity index (χ1n) is 8.04. The van der Waals surface area contributed by atoms with Crippen molar-refractivity contribution in [1.29, 1.82) is 0 Å². The zero-order chi connectivity index (χ0) is 17.6.